The van der Waals surface area contributed by atoms with Crippen LogP contribution in [0.5, 0.6) is 0 Å². The molecule has 5 heterocycles. The number of esters is 1. The number of aliphatic hydroxyl groups is 4. The van der Waals surface area contributed by atoms with Gasteiger partial charge in [-0.25, -0.2) is 4.79 Å². The maximum atomic E-state index is 12.6. The van der Waals surface area contributed by atoms with Crippen LogP contribution in [0.3, 0.4) is 0 Å². The van der Waals surface area contributed by atoms with Gasteiger partial charge in [-0.05, 0) is 114 Å². The molecule has 4 aliphatic carbocycles. The van der Waals surface area contributed by atoms with E-state index in [1.165, 1.54) is 0 Å². The highest BCUT2D eigenvalue weighted by Gasteiger charge is 2.71. The summed E-state index contributed by atoms with van der Waals surface area (Å²) in [7, 11) is 0. The number of rotatable bonds is 7. The number of aliphatic hydroxyl groups excluding tert-OH is 3. The third kappa shape index (κ3) is 6.97. The van der Waals surface area contributed by atoms with Crippen LogP contribution in [-0.2, 0) is 47.4 Å². The second-order valence-electron chi connectivity index (χ2n) is 19.6. The van der Waals surface area contributed by atoms with E-state index >= 15 is 0 Å². The monoisotopic (exact) mass is 806 g/mol. The zero-order valence-electron chi connectivity index (χ0n) is 34.4. The predicted octanol–water partition coefficient (Wildman–Crippen LogP) is 3.63. The first-order chi connectivity index (χ1) is 27.1. The smallest absolute Gasteiger partial charge is 0.331 e. The molecule has 4 saturated heterocycles. The van der Waals surface area contributed by atoms with Crippen LogP contribution in [0.15, 0.2) is 11.6 Å². The van der Waals surface area contributed by atoms with Gasteiger partial charge >= 0.3 is 5.97 Å². The Morgan fingerprint density at radius 2 is 1.35 bits per heavy atom. The molecule has 0 aromatic rings. The summed E-state index contributed by atoms with van der Waals surface area (Å²) in [6, 6.07) is 0. The Hall–Kier alpha value is -1.27. The van der Waals surface area contributed by atoms with Crippen LogP contribution in [0.4, 0.5) is 0 Å². The van der Waals surface area contributed by atoms with E-state index in [9.17, 15) is 25.2 Å². The molecule has 0 bridgehead atoms. The van der Waals surface area contributed by atoms with Gasteiger partial charge in [0.2, 0.25) is 0 Å². The van der Waals surface area contributed by atoms with Crippen molar-refractivity contribution >= 4 is 5.97 Å². The molecule has 22 unspecified atom stereocenters. The molecule has 9 aliphatic rings. The first-order valence-electron chi connectivity index (χ1n) is 21.9. The Kier molecular flexibility index (Phi) is 11.0. The van der Waals surface area contributed by atoms with Crippen molar-refractivity contribution in [1.29, 1.82) is 0 Å². The van der Waals surface area contributed by atoms with Crippen LogP contribution in [0.25, 0.3) is 0 Å². The van der Waals surface area contributed by atoms with Crippen molar-refractivity contribution in [3.8, 4) is 0 Å². The van der Waals surface area contributed by atoms with Gasteiger partial charge in [-0.2, -0.15) is 0 Å². The van der Waals surface area contributed by atoms with Gasteiger partial charge < -0.3 is 63.1 Å². The van der Waals surface area contributed by atoms with Crippen LogP contribution >= 0.6 is 0 Å². The van der Waals surface area contributed by atoms with Gasteiger partial charge in [0.1, 0.15) is 24.9 Å². The number of ether oxygens (including phenoxy) is 9. The Balaban J connectivity index is 0.767. The molecule has 5 aliphatic heterocycles. The molecule has 14 nitrogen and oxygen atoms in total. The maximum Gasteiger partial charge on any atom is 0.331 e. The summed E-state index contributed by atoms with van der Waals surface area (Å²) < 4.78 is 54.7. The Morgan fingerprint density at radius 3 is 2.00 bits per heavy atom. The van der Waals surface area contributed by atoms with Crippen molar-refractivity contribution in [2.45, 2.75) is 210 Å². The van der Waals surface area contributed by atoms with Crippen molar-refractivity contribution in [3.63, 3.8) is 0 Å². The normalized spacial score (nSPS) is 56.3. The fraction of sp³-hybridized carbons (Fsp3) is 0.930. The average Bonchev–Trinajstić information content (AvgIpc) is 3.83. The number of hydrogen-bond acceptors (Lipinski definition) is 14. The minimum Gasteiger partial charge on any atom is -0.458 e. The Morgan fingerprint density at radius 1 is 0.702 bits per heavy atom. The van der Waals surface area contributed by atoms with Crippen molar-refractivity contribution < 1.29 is 67.9 Å². The number of carbonyl (C=O) groups excluding carboxylic acids is 1. The topological polar surface area (TPSA) is 181 Å². The van der Waals surface area contributed by atoms with E-state index in [1.54, 1.807) is 6.08 Å². The summed E-state index contributed by atoms with van der Waals surface area (Å²) in [6.45, 7) is 12.2. The van der Waals surface area contributed by atoms with Gasteiger partial charge in [0.15, 0.2) is 25.2 Å². The van der Waals surface area contributed by atoms with Gasteiger partial charge in [-0.15, -0.1) is 0 Å². The molecule has 322 valence electrons. The third-order valence-corrected chi connectivity index (χ3v) is 16.6. The van der Waals surface area contributed by atoms with Crippen molar-refractivity contribution in [2.24, 2.45) is 34.5 Å². The molecular weight excluding hydrogens is 740 g/mol. The minimum atomic E-state index is -1.00. The summed E-state index contributed by atoms with van der Waals surface area (Å²) in [5, 5.41) is 47.0. The molecule has 0 radical (unpaired) electrons. The highest BCUT2D eigenvalue weighted by molar-refractivity contribution is 5.85. The van der Waals surface area contributed by atoms with Crippen LogP contribution in [0.1, 0.15) is 112 Å². The fourth-order valence-corrected chi connectivity index (χ4v) is 13.6. The van der Waals surface area contributed by atoms with E-state index in [0.717, 1.165) is 44.1 Å². The number of carbonyl (C=O) groups is 1. The van der Waals surface area contributed by atoms with E-state index in [0.29, 0.717) is 25.2 Å². The number of cyclic esters (lactones) is 1. The molecule has 4 N–H and O–H groups in total. The highest BCUT2D eigenvalue weighted by atomic mass is 16.8. The van der Waals surface area contributed by atoms with Gasteiger partial charge in [0, 0.05) is 30.8 Å². The van der Waals surface area contributed by atoms with E-state index < -0.39 is 72.6 Å². The zero-order valence-corrected chi connectivity index (χ0v) is 34.4. The quantitative estimate of drug-likeness (QED) is 0.216. The maximum absolute atomic E-state index is 12.6. The van der Waals surface area contributed by atoms with E-state index in [-0.39, 0.29) is 79.3 Å². The van der Waals surface area contributed by atoms with Crippen LogP contribution in [-0.4, -0.2) is 131 Å². The summed E-state index contributed by atoms with van der Waals surface area (Å²) in [6.07, 6.45) is 1.64. The van der Waals surface area contributed by atoms with Crippen LogP contribution in [0, 0.1) is 34.5 Å². The van der Waals surface area contributed by atoms with Gasteiger partial charge in [0.25, 0.3) is 0 Å². The van der Waals surface area contributed by atoms with Crippen LogP contribution < -0.4 is 0 Å². The molecule has 57 heavy (non-hydrogen) atoms. The van der Waals surface area contributed by atoms with E-state index in [1.807, 2.05) is 34.6 Å². The second-order valence-corrected chi connectivity index (χ2v) is 19.6. The average molecular weight is 807 g/mol. The van der Waals surface area contributed by atoms with Gasteiger partial charge in [-0.1, -0.05) is 13.8 Å². The Bertz CT molecular complexity index is 1500. The van der Waals surface area contributed by atoms with Gasteiger partial charge in [-0.3, -0.25) is 0 Å². The molecule has 0 aromatic carbocycles. The van der Waals surface area contributed by atoms with Crippen molar-refractivity contribution in [1.82, 2.24) is 0 Å². The molecule has 14 heteroatoms. The predicted molar refractivity (Wildman–Crippen MR) is 200 cm³/mol. The standard InChI is InChI=1S/C43H66O14/c1-20-38(56-36-17-31(45)39(21(2)51-36)57-37-18-32-40(22(3)52-37)54-23(4)53-32)30(44)16-35(50-20)55-26-9-11-41(5)25(14-26)7-8-28-29(41)15-33(46)42(6)27(10-12-43(28,42)48)24-13-34(47)49-19-24/h13,20-23,25-33,35-40,44-46,48H,7-12,14-19H2,1-6H3. The molecule has 4 saturated carbocycles. The summed E-state index contributed by atoms with van der Waals surface area (Å²) in [4.78, 5) is 12.0. The van der Waals surface area contributed by atoms with Crippen molar-refractivity contribution in [3.05, 3.63) is 11.6 Å². The molecule has 0 amide bonds. The number of fused-ring (bicyclic) bond motifs is 6. The highest BCUT2D eigenvalue weighted by Crippen LogP contribution is 2.70. The lowest BCUT2D eigenvalue weighted by Gasteiger charge is -2.65. The lowest BCUT2D eigenvalue weighted by Crippen LogP contribution is -2.67. The first kappa shape index (κ1) is 41.1. The lowest BCUT2D eigenvalue weighted by atomic mass is 9.42. The molecule has 9 rings (SSSR count). The largest absolute Gasteiger partial charge is 0.458 e. The Labute approximate surface area is 336 Å². The summed E-state index contributed by atoms with van der Waals surface area (Å²) >= 11 is 0. The first-order valence-corrected chi connectivity index (χ1v) is 21.9. The zero-order chi connectivity index (χ0) is 40.2. The van der Waals surface area contributed by atoms with Gasteiger partial charge in [0.05, 0.1) is 54.4 Å². The van der Waals surface area contributed by atoms with E-state index in [4.69, 9.17) is 42.6 Å². The van der Waals surface area contributed by atoms with E-state index in [2.05, 4.69) is 6.92 Å². The fourth-order valence-electron chi connectivity index (χ4n) is 13.6. The summed E-state index contributed by atoms with van der Waals surface area (Å²) in [5.41, 5.74) is -0.857. The van der Waals surface area contributed by atoms with Crippen molar-refractivity contribution in [2.75, 3.05) is 6.61 Å². The SMILES string of the molecule is CC1OC2CC(OC3C(O)CC(OC4C(O)CC(OC5CCC6(C)C(CCC7C6CC(O)C6(C)C(C8=CC(=O)OC8)CCC76O)C5)OC4C)OC3C)OC(C)C2O1. The molecule has 0 spiro atoms. The number of hydrogen-bond donors (Lipinski definition) is 4. The third-order valence-electron chi connectivity index (χ3n) is 16.6. The van der Waals surface area contributed by atoms with Crippen LogP contribution in [0.2, 0.25) is 0 Å². The molecular formula is C43H66O14. The molecule has 0 aromatic heterocycles. The minimum absolute atomic E-state index is 0.0288. The molecule has 22 atom stereocenters. The lowest BCUT2D eigenvalue weighted by molar-refractivity contribution is -0.334. The second kappa shape index (κ2) is 15.3. The molecule has 8 fully saturated rings. The summed E-state index contributed by atoms with van der Waals surface area (Å²) in [5.74, 6) is 0.251.